The van der Waals surface area contributed by atoms with Crippen LogP contribution in [0.15, 0.2) is 24.3 Å². The highest BCUT2D eigenvalue weighted by molar-refractivity contribution is 5.81. The molecule has 0 unspecified atom stereocenters. The van der Waals surface area contributed by atoms with Gasteiger partial charge in [0, 0.05) is 28.5 Å². The third-order valence-corrected chi connectivity index (χ3v) is 2.29. The molecule has 1 aromatic carbocycles. The quantitative estimate of drug-likeness (QED) is 0.511. The summed E-state index contributed by atoms with van der Waals surface area (Å²) in [6.45, 7) is 0. The van der Waals surface area contributed by atoms with E-state index in [2.05, 4.69) is 28.0 Å². The highest BCUT2D eigenvalue weighted by Crippen LogP contribution is 2.03. The number of hydrazine groups is 1. The van der Waals surface area contributed by atoms with Crippen molar-refractivity contribution in [3.63, 3.8) is 0 Å². The molecule has 0 fully saturated rings. The summed E-state index contributed by atoms with van der Waals surface area (Å²) in [5.41, 5.74) is 7.08. The van der Waals surface area contributed by atoms with Gasteiger partial charge in [-0.2, -0.15) is 0 Å². The molecular formula is C10H9N3. The molecule has 1 aromatic heterocycles. The van der Waals surface area contributed by atoms with Gasteiger partial charge in [0.1, 0.15) is 0 Å². The van der Waals surface area contributed by atoms with Crippen molar-refractivity contribution in [3.8, 4) is 0 Å². The molecule has 2 heterocycles. The molecule has 3 N–H and O–H groups in total. The molecule has 1 aliphatic heterocycles. The molecule has 0 saturated heterocycles. The normalized spacial score (nSPS) is 13.5. The van der Waals surface area contributed by atoms with E-state index in [1.54, 1.807) is 0 Å². The van der Waals surface area contributed by atoms with Crippen LogP contribution in [-0.2, 0) is 0 Å². The van der Waals surface area contributed by atoms with Crippen molar-refractivity contribution in [3.05, 3.63) is 34.8 Å². The molecule has 0 bridgehead atoms. The van der Waals surface area contributed by atoms with Crippen LogP contribution in [0.1, 0.15) is 0 Å². The van der Waals surface area contributed by atoms with Gasteiger partial charge in [-0.3, -0.25) is 0 Å². The van der Waals surface area contributed by atoms with Crippen LogP contribution in [0.4, 0.5) is 0 Å². The Balaban J connectivity index is 2.63. The second-order valence-corrected chi connectivity index (χ2v) is 3.08. The number of nitrogens with one attached hydrogen (secondary N) is 3. The molecule has 3 rings (SSSR count). The van der Waals surface area contributed by atoms with Crippen LogP contribution in [0.3, 0.4) is 0 Å². The lowest BCUT2D eigenvalue weighted by molar-refractivity contribution is 0.841. The van der Waals surface area contributed by atoms with E-state index in [9.17, 15) is 0 Å². The van der Waals surface area contributed by atoms with Gasteiger partial charge in [-0.1, -0.05) is 18.2 Å². The predicted molar refractivity (Wildman–Crippen MR) is 52.8 cm³/mol. The van der Waals surface area contributed by atoms with Crippen LogP contribution in [0.2, 0.25) is 0 Å². The standard InChI is InChI=1S/C10H9N3/c1-2-4-9-7(3-1)8-5-11-12-6-10(8)13-9/h1-6,11-13H. The topological polar surface area (TPSA) is 39.9 Å². The molecule has 0 saturated carbocycles. The lowest BCUT2D eigenvalue weighted by atomic mass is 10.2. The summed E-state index contributed by atoms with van der Waals surface area (Å²) in [6, 6.07) is 8.27. The van der Waals surface area contributed by atoms with Crippen molar-refractivity contribution in [1.82, 2.24) is 15.8 Å². The van der Waals surface area contributed by atoms with E-state index >= 15 is 0 Å². The first-order valence-corrected chi connectivity index (χ1v) is 4.23. The average Bonchev–Trinajstić information content (AvgIpc) is 2.56. The zero-order valence-corrected chi connectivity index (χ0v) is 6.96. The van der Waals surface area contributed by atoms with E-state index in [4.69, 9.17) is 0 Å². The summed E-state index contributed by atoms with van der Waals surface area (Å²) < 4.78 is 0. The lowest BCUT2D eigenvalue weighted by Crippen LogP contribution is -2.38. The Labute approximate surface area is 74.7 Å². The van der Waals surface area contributed by atoms with Crippen molar-refractivity contribution >= 4 is 23.3 Å². The maximum absolute atomic E-state index is 3.33. The molecule has 13 heavy (non-hydrogen) atoms. The van der Waals surface area contributed by atoms with Crippen molar-refractivity contribution in [2.24, 2.45) is 0 Å². The van der Waals surface area contributed by atoms with Crippen molar-refractivity contribution in [2.45, 2.75) is 0 Å². The Morgan fingerprint density at radius 1 is 0.923 bits per heavy atom. The molecule has 1 aliphatic rings. The van der Waals surface area contributed by atoms with E-state index in [1.807, 2.05) is 24.5 Å². The average molecular weight is 171 g/mol. The van der Waals surface area contributed by atoms with E-state index in [1.165, 1.54) is 16.1 Å². The molecule has 0 radical (unpaired) electrons. The summed E-state index contributed by atoms with van der Waals surface area (Å²) >= 11 is 0. The number of benzene rings is 1. The van der Waals surface area contributed by atoms with Gasteiger partial charge in [-0.05, 0) is 6.07 Å². The fourth-order valence-electron chi connectivity index (χ4n) is 1.68. The Kier molecular flexibility index (Phi) is 1.16. The molecule has 0 atom stereocenters. The molecule has 3 nitrogen and oxygen atoms in total. The number of H-pyrrole nitrogens is 1. The van der Waals surface area contributed by atoms with E-state index in [0.29, 0.717) is 0 Å². The second-order valence-electron chi connectivity index (χ2n) is 3.08. The first-order chi connectivity index (χ1) is 6.45. The Morgan fingerprint density at radius 2 is 1.77 bits per heavy atom. The third-order valence-electron chi connectivity index (χ3n) is 2.29. The molecule has 2 aromatic rings. The van der Waals surface area contributed by atoms with E-state index < -0.39 is 0 Å². The maximum Gasteiger partial charge on any atom is 0.0658 e. The molecule has 0 spiro atoms. The molecule has 0 amide bonds. The van der Waals surface area contributed by atoms with Crippen molar-refractivity contribution in [1.29, 1.82) is 0 Å². The third kappa shape index (κ3) is 0.839. The summed E-state index contributed by atoms with van der Waals surface area (Å²) in [5.74, 6) is 0. The zero-order valence-electron chi connectivity index (χ0n) is 6.96. The number of aromatic amines is 1. The van der Waals surface area contributed by atoms with Gasteiger partial charge in [0.25, 0.3) is 0 Å². The molecule has 0 aliphatic carbocycles. The number of rotatable bonds is 0. The first kappa shape index (κ1) is 6.60. The van der Waals surface area contributed by atoms with Crippen molar-refractivity contribution < 1.29 is 0 Å². The van der Waals surface area contributed by atoms with Gasteiger partial charge in [0.2, 0.25) is 0 Å². The second kappa shape index (κ2) is 2.29. The molecule has 3 heteroatoms. The van der Waals surface area contributed by atoms with Gasteiger partial charge < -0.3 is 15.8 Å². The highest BCUT2D eigenvalue weighted by Gasteiger charge is 2.00. The summed E-state index contributed by atoms with van der Waals surface area (Å²) in [5, 5.41) is 3.59. The Morgan fingerprint density at radius 3 is 2.77 bits per heavy atom. The molecule has 64 valence electrons. The smallest absolute Gasteiger partial charge is 0.0658 e. The zero-order chi connectivity index (χ0) is 8.67. The number of hydrogen-bond donors (Lipinski definition) is 3. The number of para-hydroxylation sites is 1. The van der Waals surface area contributed by atoms with Crippen LogP contribution >= 0.6 is 0 Å². The van der Waals surface area contributed by atoms with Crippen LogP contribution in [0.5, 0.6) is 0 Å². The lowest BCUT2D eigenvalue weighted by Gasteiger charge is -2.01. The van der Waals surface area contributed by atoms with Crippen LogP contribution in [0, 0.1) is 0 Å². The Hall–Kier alpha value is -1.90. The minimum absolute atomic E-state index is 1.12. The monoisotopic (exact) mass is 171 g/mol. The summed E-state index contributed by atoms with van der Waals surface area (Å²) in [6.07, 6.45) is 3.89. The number of fused-ring (bicyclic) bond motifs is 3. The van der Waals surface area contributed by atoms with Gasteiger partial charge >= 0.3 is 0 Å². The SMILES string of the molecule is C1=c2[nH]c3ccccc3c2=CNN1. The fraction of sp³-hybridized carbons (Fsp3) is 0. The van der Waals surface area contributed by atoms with Crippen LogP contribution < -0.4 is 21.4 Å². The number of hydrogen-bond acceptors (Lipinski definition) is 2. The van der Waals surface area contributed by atoms with Gasteiger partial charge in [-0.15, -0.1) is 0 Å². The summed E-state index contributed by atoms with van der Waals surface area (Å²) in [7, 11) is 0. The predicted octanol–water partition coefficient (Wildman–Crippen LogP) is -0.248. The van der Waals surface area contributed by atoms with Crippen molar-refractivity contribution in [2.75, 3.05) is 0 Å². The van der Waals surface area contributed by atoms with Crippen LogP contribution in [-0.4, -0.2) is 4.98 Å². The minimum atomic E-state index is 1.12. The first-order valence-electron chi connectivity index (χ1n) is 4.23. The maximum atomic E-state index is 3.33. The molecular weight excluding hydrogens is 162 g/mol. The minimum Gasteiger partial charge on any atom is -0.353 e. The summed E-state index contributed by atoms with van der Waals surface area (Å²) in [4.78, 5) is 3.33. The largest absolute Gasteiger partial charge is 0.353 e. The highest BCUT2D eigenvalue weighted by atomic mass is 15.3. The van der Waals surface area contributed by atoms with E-state index in [-0.39, 0.29) is 0 Å². The van der Waals surface area contributed by atoms with Gasteiger partial charge in [0.05, 0.1) is 5.35 Å². The van der Waals surface area contributed by atoms with Gasteiger partial charge in [-0.25, -0.2) is 0 Å². The Bertz CT molecular complexity index is 565. The van der Waals surface area contributed by atoms with E-state index in [0.717, 1.165) is 5.35 Å². The van der Waals surface area contributed by atoms with Gasteiger partial charge in [0.15, 0.2) is 0 Å². The fourth-order valence-corrected chi connectivity index (χ4v) is 1.68. The number of aromatic nitrogens is 1. The van der Waals surface area contributed by atoms with Crippen LogP contribution in [0.25, 0.3) is 23.3 Å².